The fourth-order valence-electron chi connectivity index (χ4n) is 1.47. The van der Waals surface area contributed by atoms with E-state index in [1.165, 1.54) is 0 Å². The molecular formula is C9H12BrN3O. The van der Waals surface area contributed by atoms with Crippen molar-refractivity contribution >= 4 is 21.9 Å². The van der Waals surface area contributed by atoms with E-state index in [0.717, 1.165) is 17.5 Å². The first-order valence-corrected chi connectivity index (χ1v) is 5.40. The van der Waals surface area contributed by atoms with Gasteiger partial charge in [-0.25, -0.2) is 9.97 Å². The van der Waals surface area contributed by atoms with E-state index in [4.69, 9.17) is 4.74 Å². The molecule has 1 aromatic rings. The highest BCUT2D eigenvalue weighted by Crippen LogP contribution is 2.16. The van der Waals surface area contributed by atoms with Crippen molar-refractivity contribution in [2.24, 2.45) is 0 Å². The molecule has 0 amide bonds. The Kier molecular flexibility index (Phi) is 2.98. The number of hydrogen-bond donors (Lipinski definition) is 1. The van der Waals surface area contributed by atoms with Crippen molar-refractivity contribution in [1.29, 1.82) is 0 Å². The van der Waals surface area contributed by atoms with Crippen LogP contribution in [0.25, 0.3) is 0 Å². The molecule has 0 bridgehead atoms. The molecule has 1 aliphatic heterocycles. The number of hydrogen-bond acceptors (Lipinski definition) is 4. The minimum absolute atomic E-state index is 0.238. The molecule has 5 heteroatoms. The highest BCUT2D eigenvalue weighted by Gasteiger charge is 2.24. The average Bonchev–Trinajstić information content (AvgIpc) is 2.56. The molecule has 2 heterocycles. The van der Waals surface area contributed by atoms with Crippen LogP contribution in [0.5, 0.6) is 0 Å². The van der Waals surface area contributed by atoms with E-state index < -0.39 is 0 Å². The smallest absolute Gasteiger partial charge is 0.222 e. The predicted molar refractivity (Wildman–Crippen MR) is 57.2 cm³/mol. The van der Waals surface area contributed by atoms with Crippen molar-refractivity contribution in [3.63, 3.8) is 0 Å². The zero-order valence-corrected chi connectivity index (χ0v) is 9.49. The molecule has 2 atom stereocenters. The first-order valence-electron chi connectivity index (χ1n) is 4.61. The van der Waals surface area contributed by atoms with Crippen molar-refractivity contribution in [2.75, 3.05) is 11.9 Å². The van der Waals surface area contributed by atoms with Crippen LogP contribution in [0.15, 0.2) is 16.9 Å². The van der Waals surface area contributed by atoms with E-state index >= 15 is 0 Å². The summed E-state index contributed by atoms with van der Waals surface area (Å²) in [7, 11) is 0. The summed E-state index contributed by atoms with van der Waals surface area (Å²) in [6, 6.07) is 0.330. The van der Waals surface area contributed by atoms with Crippen molar-refractivity contribution in [2.45, 2.75) is 25.5 Å². The number of anilines is 1. The molecule has 0 saturated carbocycles. The summed E-state index contributed by atoms with van der Waals surface area (Å²) in [6.07, 6.45) is 4.72. The molecule has 0 spiro atoms. The highest BCUT2D eigenvalue weighted by molar-refractivity contribution is 9.10. The van der Waals surface area contributed by atoms with Gasteiger partial charge < -0.3 is 10.1 Å². The molecule has 1 saturated heterocycles. The maximum Gasteiger partial charge on any atom is 0.222 e. The Hall–Kier alpha value is -0.680. The summed E-state index contributed by atoms with van der Waals surface area (Å²) in [4.78, 5) is 8.30. The lowest BCUT2D eigenvalue weighted by Crippen LogP contribution is -2.27. The molecule has 2 unspecified atom stereocenters. The Bertz CT molecular complexity index is 303. The fourth-order valence-corrected chi connectivity index (χ4v) is 1.68. The van der Waals surface area contributed by atoms with Gasteiger partial charge in [0.25, 0.3) is 0 Å². The maximum absolute atomic E-state index is 5.43. The minimum atomic E-state index is 0.238. The van der Waals surface area contributed by atoms with E-state index in [2.05, 4.69) is 38.1 Å². The number of aromatic nitrogens is 2. The van der Waals surface area contributed by atoms with Gasteiger partial charge in [-0.05, 0) is 29.3 Å². The first-order chi connectivity index (χ1) is 6.75. The van der Waals surface area contributed by atoms with E-state index in [1.807, 2.05) is 0 Å². The van der Waals surface area contributed by atoms with E-state index in [0.29, 0.717) is 12.0 Å². The Morgan fingerprint density at radius 3 is 2.79 bits per heavy atom. The van der Waals surface area contributed by atoms with Gasteiger partial charge in [0.05, 0.1) is 16.6 Å². The maximum atomic E-state index is 5.43. The molecule has 1 aromatic heterocycles. The third-order valence-corrected chi connectivity index (χ3v) is 2.72. The summed E-state index contributed by atoms with van der Waals surface area (Å²) in [5, 5.41) is 3.25. The highest BCUT2D eigenvalue weighted by atomic mass is 79.9. The van der Waals surface area contributed by atoms with Crippen LogP contribution in [-0.4, -0.2) is 28.7 Å². The molecule has 0 aromatic carbocycles. The largest absolute Gasteiger partial charge is 0.376 e. The lowest BCUT2D eigenvalue weighted by atomic mass is 10.2. The number of nitrogens with one attached hydrogen (secondary N) is 1. The van der Waals surface area contributed by atoms with Gasteiger partial charge in [0.2, 0.25) is 5.95 Å². The Morgan fingerprint density at radius 2 is 2.21 bits per heavy atom. The topological polar surface area (TPSA) is 47.0 Å². The van der Waals surface area contributed by atoms with E-state index in [9.17, 15) is 0 Å². The second-order valence-electron chi connectivity index (χ2n) is 3.34. The number of halogens is 1. The van der Waals surface area contributed by atoms with E-state index in [1.54, 1.807) is 12.4 Å². The molecule has 76 valence electrons. The van der Waals surface area contributed by atoms with Gasteiger partial charge in [0.1, 0.15) is 0 Å². The van der Waals surface area contributed by atoms with Crippen LogP contribution in [0.1, 0.15) is 13.3 Å². The standard InChI is InChI=1S/C9H12BrN3O/c1-6-8(2-3-14-6)13-9-11-4-7(10)5-12-9/h4-6,8H,2-3H2,1H3,(H,11,12,13). The molecule has 4 nitrogen and oxygen atoms in total. The van der Waals surface area contributed by atoms with Crippen LogP contribution < -0.4 is 5.32 Å². The van der Waals surface area contributed by atoms with Crippen LogP contribution >= 0.6 is 15.9 Å². The van der Waals surface area contributed by atoms with Gasteiger partial charge in [-0.1, -0.05) is 0 Å². The molecule has 0 aliphatic carbocycles. The molecular weight excluding hydrogens is 246 g/mol. The summed E-state index contributed by atoms with van der Waals surface area (Å²) in [5.74, 6) is 0.663. The lowest BCUT2D eigenvalue weighted by molar-refractivity contribution is 0.121. The van der Waals surface area contributed by atoms with Gasteiger partial charge in [0, 0.05) is 19.0 Å². The van der Waals surface area contributed by atoms with Gasteiger partial charge in [-0.2, -0.15) is 0 Å². The van der Waals surface area contributed by atoms with Crippen molar-refractivity contribution < 1.29 is 4.74 Å². The Labute approximate surface area is 91.2 Å². The molecule has 1 aliphatic rings. The molecule has 1 fully saturated rings. The zero-order chi connectivity index (χ0) is 9.97. The second-order valence-corrected chi connectivity index (χ2v) is 4.26. The van der Waals surface area contributed by atoms with Gasteiger partial charge in [-0.3, -0.25) is 0 Å². The summed E-state index contributed by atoms with van der Waals surface area (Å²) in [6.45, 7) is 2.87. The Morgan fingerprint density at radius 1 is 1.50 bits per heavy atom. The summed E-state index contributed by atoms with van der Waals surface area (Å²) >= 11 is 3.29. The van der Waals surface area contributed by atoms with Crippen molar-refractivity contribution in [3.8, 4) is 0 Å². The monoisotopic (exact) mass is 257 g/mol. The average molecular weight is 258 g/mol. The number of nitrogens with zero attached hydrogens (tertiary/aromatic N) is 2. The van der Waals surface area contributed by atoms with Gasteiger partial charge in [-0.15, -0.1) is 0 Å². The third-order valence-electron chi connectivity index (χ3n) is 2.31. The first kappa shape index (κ1) is 9.86. The minimum Gasteiger partial charge on any atom is -0.376 e. The van der Waals surface area contributed by atoms with Gasteiger partial charge >= 0.3 is 0 Å². The van der Waals surface area contributed by atoms with Crippen molar-refractivity contribution in [3.05, 3.63) is 16.9 Å². The quantitative estimate of drug-likeness (QED) is 0.879. The molecule has 2 rings (SSSR count). The SMILES string of the molecule is CC1OCCC1Nc1ncc(Br)cn1. The van der Waals surface area contributed by atoms with Crippen LogP contribution in [0, 0.1) is 0 Å². The lowest BCUT2D eigenvalue weighted by Gasteiger charge is -2.15. The number of ether oxygens (including phenoxy) is 1. The fraction of sp³-hybridized carbons (Fsp3) is 0.556. The zero-order valence-electron chi connectivity index (χ0n) is 7.90. The van der Waals surface area contributed by atoms with Gasteiger partial charge in [0.15, 0.2) is 0 Å². The summed E-state index contributed by atoms with van der Waals surface area (Å²) in [5.41, 5.74) is 0. The second kappa shape index (κ2) is 4.23. The van der Waals surface area contributed by atoms with Crippen LogP contribution in [0.2, 0.25) is 0 Å². The van der Waals surface area contributed by atoms with Crippen molar-refractivity contribution in [1.82, 2.24) is 9.97 Å². The van der Waals surface area contributed by atoms with Crippen LogP contribution in [0.3, 0.4) is 0 Å². The van der Waals surface area contributed by atoms with E-state index in [-0.39, 0.29) is 6.10 Å². The molecule has 14 heavy (non-hydrogen) atoms. The molecule has 0 radical (unpaired) electrons. The third kappa shape index (κ3) is 2.22. The molecule has 1 N–H and O–H groups in total. The van der Waals surface area contributed by atoms with Crippen LogP contribution in [0.4, 0.5) is 5.95 Å². The summed E-state index contributed by atoms with van der Waals surface area (Å²) < 4.78 is 6.32. The number of rotatable bonds is 2. The van der Waals surface area contributed by atoms with Crippen LogP contribution in [-0.2, 0) is 4.74 Å². The Balaban J connectivity index is 2.00. The normalized spacial score (nSPS) is 26.4. The predicted octanol–water partition coefficient (Wildman–Crippen LogP) is 1.83.